The Bertz CT molecular complexity index is 637. The van der Waals surface area contributed by atoms with Crippen molar-refractivity contribution in [2.75, 3.05) is 6.54 Å². The molecule has 0 saturated carbocycles. The van der Waals surface area contributed by atoms with E-state index < -0.39 is 6.10 Å². The molecule has 0 saturated heterocycles. The fourth-order valence-electron chi connectivity index (χ4n) is 2.34. The molecule has 2 aromatic rings. The van der Waals surface area contributed by atoms with Crippen LogP contribution in [0.15, 0.2) is 48.5 Å². The standard InChI is InChI=1S/C20H25NO2/c1-15-11-12-19(14-16(15)2)23-17(3)20(22)21-13-7-10-18-8-5-4-6-9-18/h4-6,8-9,11-12,14,17H,7,10,13H2,1-3H3,(H,21,22)/t17-/m0/s1. The van der Waals surface area contributed by atoms with E-state index in [0.717, 1.165) is 24.2 Å². The van der Waals surface area contributed by atoms with Gasteiger partial charge in [0, 0.05) is 6.54 Å². The largest absolute Gasteiger partial charge is 0.481 e. The molecule has 122 valence electrons. The van der Waals surface area contributed by atoms with Gasteiger partial charge in [0.1, 0.15) is 5.75 Å². The minimum Gasteiger partial charge on any atom is -0.481 e. The highest BCUT2D eigenvalue weighted by atomic mass is 16.5. The number of carbonyl (C=O) groups excluding carboxylic acids is 1. The van der Waals surface area contributed by atoms with Gasteiger partial charge in [0.25, 0.3) is 5.91 Å². The maximum Gasteiger partial charge on any atom is 0.260 e. The summed E-state index contributed by atoms with van der Waals surface area (Å²) in [4.78, 5) is 12.1. The Labute approximate surface area is 138 Å². The average molecular weight is 311 g/mol. The number of rotatable bonds is 7. The van der Waals surface area contributed by atoms with Crippen molar-refractivity contribution in [3.05, 3.63) is 65.2 Å². The molecule has 0 aromatic heterocycles. The van der Waals surface area contributed by atoms with Crippen LogP contribution in [0.5, 0.6) is 5.75 Å². The van der Waals surface area contributed by atoms with Gasteiger partial charge in [0.15, 0.2) is 6.10 Å². The topological polar surface area (TPSA) is 38.3 Å². The third kappa shape index (κ3) is 5.44. The molecular weight excluding hydrogens is 286 g/mol. The Morgan fingerprint density at radius 2 is 1.83 bits per heavy atom. The van der Waals surface area contributed by atoms with Crippen molar-refractivity contribution in [1.82, 2.24) is 5.32 Å². The van der Waals surface area contributed by atoms with E-state index in [9.17, 15) is 4.79 Å². The van der Waals surface area contributed by atoms with E-state index >= 15 is 0 Å². The van der Waals surface area contributed by atoms with Crippen molar-refractivity contribution in [1.29, 1.82) is 0 Å². The zero-order valence-corrected chi connectivity index (χ0v) is 14.1. The molecule has 0 aliphatic rings. The second kappa shape index (κ2) is 8.37. The maximum atomic E-state index is 12.1. The second-order valence-electron chi connectivity index (χ2n) is 5.89. The average Bonchev–Trinajstić information content (AvgIpc) is 2.55. The fraction of sp³-hybridized carbons (Fsp3) is 0.350. The van der Waals surface area contributed by atoms with Gasteiger partial charge in [-0.3, -0.25) is 4.79 Å². The van der Waals surface area contributed by atoms with Gasteiger partial charge in [0.2, 0.25) is 0 Å². The molecule has 0 aliphatic carbocycles. The van der Waals surface area contributed by atoms with Crippen LogP contribution in [-0.4, -0.2) is 18.6 Å². The first kappa shape index (κ1) is 17.1. The van der Waals surface area contributed by atoms with E-state index in [2.05, 4.69) is 24.4 Å². The van der Waals surface area contributed by atoms with Crippen LogP contribution in [0, 0.1) is 13.8 Å². The van der Waals surface area contributed by atoms with Crippen LogP contribution in [0.2, 0.25) is 0 Å². The second-order valence-corrected chi connectivity index (χ2v) is 5.89. The summed E-state index contributed by atoms with van der Waals surface area (Å²) >= 11 is 0. The lowest BCUT2D eigenvalue weighted by Gasteiger charge is -2.15. The molecule has 23 heavy (non-hydrogen) atoms. The van der Waals surface area contributed by atoms with Gasteiger partial charge >= 0.3 is 0 Å². The number of aryl methyl sites for hydroxylation is 3. The molecule has 1 amide bonds. The summed E-state index contributed by atoms with van der Waals surface area (Å²) in [6.45, 7) is 6.54. The van der Waals surface area contributed by atoms with Gasteiger partial charge in [-0.2, -0.15) is 0 Å². The molecule has 0 spiro atoms. The predicted octanol–water partition coefficient (Wildman–Crippen LogP) is 3.82. The van der Waals surface area contributed by atoms with E-state index in [1.165, 1.54) is 11.1 Å². The zero-order chi connectivity index (χ0) is 16.7. The van der Waals surface area contributed by atoms with Crippen LogP contribution in [-0.2, 0) is 11.2 Å². The summed E-state index contributed by atoms with van der Waals surface area (Å²) in [6.07, 6.45) is 1.40. The summed E-state index contributed by atoms with van der Waals surface area (Å²) in [5.74, 6) is 0.663. The summed E-state index contributed by atoms with van der Waals surface area (Å²) < 4.78 is 5.72. The molecule has 0 bridgehead atoms. The minimum absolute atomic E-state index is 0.0729. The van der Waals surface area contributed by atoms with Crippen LogP contribution in [0.4, 0.5) is 0 Å². The third-order valence-electron chi connectivity index (χ3n) is 3.94. The fourth-order valence-corrected chi connectivity index (χ4v) is 2.34. The van der Waals surface area contributed by atoms with E-state index in [1.807, 2.05) is 43.3 Å². The van der Waals surface area contributed by atoms with Crippen molar-refractivity contribution in [3.8, 4) is 5.75 Å². The highest BCUT2D eigenvalue weighted by Gasteiger charge is 2.14. The highest BCUT2D eigenvalue weighted by molar-refractivity contribution is 5.80. The number of benzene rings is 2. The van der Waals surface area contributed by atoms with E-state index in [4.69, 9.17) is 4.74 Å². The lowest BCUT2D eigenvalue weighted by molar-refractivity contribution is -0.127. The SMILES string of the molecule is Cc1ccc(O[C@@H](C)C(=O)NCCCc2ccccc2)cc1C. The number of hydrogen-bond donors (Lipinski definition) is 1. The molecule has 2 rings (SSSR count). The highest BCUT2D eigenvalue weighted by Crippen LogP contribution is 2.17. The summed E-state index contributed by atoms with van der Waals surface area (Å²) in [6, 6.07) is 16.2. The minimum atomic E-state index is -0.492. The normalized spacial score (nSPS) is 11.8. The smallest absolute Gasteiger partial charge is 0.260 e. The maximum absolute atomic E-state index is 12.1. The number of hydrogen-bond acceptors (Lipinski definition) is 2. The molecule has 1 N–H and O–H groups in total. The Kier molecular flexibility index (Phi) is 6.21. The monoisotopic (exact) mass is 311 g/mol. The summed E-state index contributed by atoms with van der Waals surface area (Å²) in [5.41, 5.74) is 3.68. The van der Waals surface area contributed by atoms with Gasteiger partial charge in [-0.15, -0.1) is 0 Å². The van der Waals surface area contributed by atoms with Crippen molar-refractivity contribution in [3.63, 3.8) is 0 Å². The third-order valence-corrected chi connectivity index (χ3v) is 3.94. The summed E-state index contributed by atoms with van der Waals surface area (Å²) in [7, 11) is 0. The zero-order valence-electron chi connectivity index (χ0n) is 14.1. The van der Waals surface area contributed by atoms with E-state index in [-0.39, 0.29) is 5.91 Å². The van der Waals surface area contributed by atoms with Crippen LogP contribution < -0.4 is 10.1 Å². The number of amides is 1. The van der Waals surface area contributed by atoms with Crippen LogP contribution in [0.1, 0.15) is 30.0 Å². The Hall–Kier alpha value is -2.29. The summed E-state index contributed by atoms with van der Waals surface area (Å²) in [5, 5.41) is 2.93. The van der Waals surface area contributed by atoms with Crippen molar-refractivity contribution >= 4 is 5.91 Å². The predicted molar refractivity (Wildman–Crippen MR) is 93.8 cm³/mol. The van der Waals surface area contributed by atoms with E-state index in [0.29, 0.717) is 6.54 Å². The van der Waals surface area contributed by atoms with Crippen LogP contribution in [0.25, 0.3) is 0 Å². The first-order valence-corrected chi connectivity index (χ1v) is 8.12. The van der Waals surface area contributed by atoms with Crippen molar-refractivity contribution in [2.24, 2.45) is 0 Å². The first-order chi connectivity index (χ1) is 11.1. The molecule has 0 radical (unpaired) electrons. The number of ether oxygens (including phenoxy) is 1. The molecule has 3 heteroatoms. The van der Waals surface area contributed by atoms with E-state index in [1.54, 1.807) is 6.92 Å². The molecule has 0 unspecified atom stereocenters. The van der Waals surface area contributed by atoms with Gasteiger partial charge in [-0.25, -0.2) is 0 Å². The lowest BCUT2D eigenvalue weighted by atomic mass is 10.1. The Morgan fingerprint density at radius 3 is 2.52 bits per heavy atom. The van der Waals surface area contributed by atoms with Gasteiger partial charge in [-0.1, -0.05) is 36.4 Å². The Balaban J connectivity index is 1.73. The molecule has 0 fully saturated rings. The van der Waals surface area contributed by atoms with Gasteiger partial charge in [-0.05, 0) is 62.4 Å². The van der Waals surface area contributed by atoms with Crippen molar-refractivity contribution in [2.45, 2.75) is 39.7 Å². The van der Waals surface area contributed by atoms with Gasteiger partial charge in [0.05, 0.1) is 0 Å². The lowest BCUT2D eigenvalue weighted by Crippen LogP contribution is -2.36. The van der Waals surface area contributed by atoms with Crippen molar-refractivity contribution < 1.29 is 9.53 Å². The quantitative estimate of drug-likeness (QED) is 0.789. The number of nitrogens with one attached hydrogen (secondary N) is 1. The van der Waals surface area contributed by atoms with Crippen LogP contribution in [0.3, 0.4) is 0 Å². The number of carbonyl (C=O) groups is 1. The molecule has 3 nitrogen and oxygen atoms in total. The molecule has 0 aliphatic heterocycles. The molecule has 1 atom stereocenters. The molecule has 0 heterocycles. The molecular formula is C20H25NO2. The Morgan fingerprint density at radius 1 is 1.09 bits per heavy atom. The first-order valence-electron chi connectivity index (χ1n) is 8.12. The van der Waals surface area contributed by atoms with Crippen LogP contribution >= 0.6 is 0 Å². The van der Waals surface area contributed by atoms with Gasteiger partial charge < -0.3 is 10.1 Å². The molecule has 2 aromatic carbocycles.